The summed E-state index contributed by atoms with van der Waals surface area (Å²) in [6.45, 7) is 0. The molecule has 0 heterocycles. The van der Waals surface area contributed by atoms with Crippen molar-refractivity contribution >= 4 is 23.2 Å². The van der Waals surface area contributed by atoms with Gasteiger partial charge in [-0.3, -0.25) is 0 Å². The number of phenols is 1. The van der Waals surface area contributed by atoms with Crippen LogP contribution in [0.1, 0.15) is 5.56 Å². The molecule has 0 saturated carbocycles. The van der Waals surface area contributed by atoms with Gasteiger partial charge >= 0.3 is 173 Å². The first-order valence-corrected chi connectivity index (χ1v) is 12.0. The molecule has 2 nitrogen and oxygen atoms in total. The zero-order chi connectivity index (χ0) is 20.1. The molecule has 0 aliphatic heterocycles. The Morgan fingerprint density at radius 1 is 0.655 bits per heavy atom. The summed E-state index contributed by atoms with van der Waals surface area (Å²) in [6.07, 6.45) is 0.850. The number of rotatable bonds is 6. The summed E-state index contributed by atoms with van der Waals surface area (Å²) in [6, 6.07) is 38.2. The molecule has 0 aromatic heterocycles. The fraction of sp³-hybridized carbons (Fsp3) is 0.0769. The van der Waals surface area contributed by atoms with Crippen molar-refractivity contribution in [3.8, 4) is 11.5 Å². The number of benzene rings is 4. The first-order valence-electron chi connectivity index (χ1n) is 9.76. The van der Waals surface area contributed by atoms with Crippen LogP contribution in [-0.2, 0) is 6.16 Å². The molecule has 0 atom stereocenters. The molecule has 0 radical (unpaired) electrons. The Morgan fingerprint density at radius 3 is 1.48 bits per heavy atom. The van der Waals surface area contributed by atoms with Gasteiger partial charge in [0, 0.05) is 0 Å². The third kappa shape index (κ3) is 3.77. The predicted molar refractivity (Wildman–Crippen MR) is 125 cm³/mol. The monoisotopic (exact) mass is 400 g/mol. The van der Waals surface area contributed by atoms with E-state index in [1.54, 1.807) is 7.11 Å². The second kappa shape index (κ2) is 8.51. The second-order valence-electron chi connectivity index (χ2n) is 7.19. The van der Waals surface area contributed by atoms with Gasteiger partial charge in [0.2, 0.25) is 0 Å². The fourth-order valence-electron chi connectivity index (χ4n) is 4.13. The molecule has 3 heteroatoms. The summed E-state index contributed by atoms with van der Waals surface area (Å²) >= 11 is 0. The molecule has 0 saturated heterocycles. The third-order valence-electron chi connectivity index (χ3n) is 5.51. The van der Waals surface area contributed by atoms with Crippen molar-refractivity contribution in [2.75, 3.05) is 7.11 Å². The predicted octanol–water partition coefficient (Wildman–Crippen LogP) is 4.63. The van der Waals surface area contributed by atoms with E-state index in [1.807, 2.05) is 12.1 Å². The molecular weight excluding hydrogens is 375 g/mol. The first-order chi connectivity index (χ1) is 14.2. The van der Waals surface area contributed by atoms with Crippen LogP contribution in [0.15, 0.2) is 109 Å². The van der Waals surface area contributed by atoms with E-state index < -0.39 is 7.26 Å². The van der Waals surface area contributed by atoms with E-state index >= 15 is 0 Å². The Morgan fingerprint density at radius 2 is 1.10 bits per heavy atom. The van der Waals surface area contributed by atoms with E-state index in [0.717, 1.165) is 11.7 Å². The van der Waals surface area contributed by atoms with E-state index in [2.05, 4.69) is 97.1 Å². The second-order valence-corrected chi connectivity index (χ2v) is 11.1. The minimum absolute atomic E-state index is 0.182. The van der Waals surface area contributed by atoms with E-state index in [-0.39, 0.29) is 5.75 Å². The van der Waals surface area contributed by atoms with Crippen molar-refractivity contribution in [1.82, 2.24) is 0 Å². The van der Waals surface area contributed by atoms with Crippen LogP contribution in [0.4, 0.5) is 0 Å². The van der Waals surface area contributed by atoms with Crippen LogP contribution in [-0.4, -0.2) is 12.2 Å². The zero-order valence-corrected chi connectivity index (χ0v) is 17.5. The summed E-state index contributed by atoms with van der Waals surface area (Å²) < 4.78 is 5.25. The van der Waals surface area contributed by atoms with Crippen LogP contribution in [0.25, 0.3) is 0 Å². The van der Waals surface area contributed by atoms with Crippen molar-refractivity contribution in [2.45, 2.75) is 6.16 Å². The average molecular weight is 400 g/mol. The van der Waals surface area contributed by atoms with Gasteiger partial charge in [0.15, 0.2) is 0 Å². The van der Waals surface area contributed by atoms with Gasteiger partial charge < -0.3 is 0 Å². The van der Waals surface area contributed by atoms with E-state index in [0.29, 0.717) is 5.75 Å². The molecule has 146 valence electrons. The number of aromatic hydroxyl groups is 1. The molecule has 4 aromatic carbocycles. The summed E-state index contributed by atoms with van der Waals surface area (Å²) in [7, 11) is -0.792. The van der Waals surface area contributed by atoms with E-state index in [1.165, 1.54) is 15.9 Å². The molecule has 4 rings (SSSR count). The topological polar surface area (TPSA) is 29.5 Å². The molecular formula is C26H25O2P. The van der Waals surface area contributed by atoms with Gasteiger partial charge in [-0.25, -0.2) is 0 Å². The maximum absolute atomic E-state index is 10.4. The van der Waals surface area contributed by atoms with Crippen molar-refractivity contribution in [3.05, 3.63) is 115 Å². The fourth-order valence-corrected chi connectivity index (χ4v) is 8.86. The van der Waals surface area contributed by atoms with Crippen LogP contribution >= 0.6 is 7.26 Å². The van der Waals surface area contributed by atoms with Gasteiger partial charge in [-0.2, -0.15) is 0 Å². The van der Waals surface area contributed by atoms with Crippen molar-refractivity contribution in [3.63, 3.8) is 0 Å². The van der Waals surface area contributed by atoms with Crippen LogP contribution in [0.3, 0.4) is 0 Å². The SMILES string of the molecule is COc1ccc(C[PH](c2ccccc2)(c2ccccc2)c2ccccc2)cc1O. The van der Waals surface area contributed by atoms with Gasteiger partial charge in [0.05, 0.1) is 0 Å². The van der Waals surface area contributed by atoms with Gasteiger partial charge in [-0.05, 0) is 0 Å². The minimum atomic E-state index is -2.37. The Balaban J connectivity index is 1.96. The molecule has 0 aliphatic carbocycles. The summed E-state index contributed by atoms with van der Waals surface area (Å²) in [5.74, 6) is 0.683. The summed E-state index contributed by atoms with van der Waals surface area (Å²) in [5.41, 5.74) is 1.10. The molecule has 4 aromatic rings. The van der Waals surface area contributed by atoms with Crippen LogP contribution in [0.2, 0.25) is 0 Å². The van der Waals surface area contributed by atoms with Gasteiger partial charge in [-0.15, -0.1) is 0 Å². The summed E-state index contributed by atoms with van der Waals surface area (Å²) in [4.78, 5) is 0. The molecule has 1 N–H and O–H groups in total. The average Bonchev–Trinajstić information content (AvgIpc) is 2.79. The van der Waals surface area contributed by atoms with Crippen molar-refractivity contribution in [2.24, 2.45) is 0 Å². The number of phenolic OH excluding ortho intramolecular Hbond substituents is 1. The van der Waals surface area contributed by atoms with Gasteiger partial charge in [0.1, 0.15) is 0 Å². The number of hydrogen-bond acceptors (Lipinski definition) is 2. The Hall–Kier alpha value is -3.09. The Kier molecular flexibility index (Phi) is 5.64. The molecule has 29 heavy (non-hydrogen) atoms. The van der Waals surface area contributed by atoms with E-state index in [4.69, 9.17) is 4.74 Å². The Bertz CT molecular complexity index is 967. The number of methoxy groups -OCH3 is 1. The van der Waals surface area contributed by atoms with Crippen molar-refractivity contribution < 1.29 is 9.84 Å². The molecule has 0 aliphatic rings. The van der Waals surface area contributed by atoms with E-state index in [9.17, 15) is 5.11 Å². The molecule has 0 fully saturated rings. The first kappa shape index (κ1) is 19.2. The van der Waals surface area contributed by atoms with Crippen LogP contribution in [0.5, 0.6) is 11.5 Å². The standard InChI is InChI=1S/C26H25O2P/c1-28-26-18-17-21(19-25(26)27)20-29(22-11-5-2-6-12-22,23-13-7-3-8-14-23)24-15-9-4-10-16-24/h2-19,27,29H,20H2,1H3. The normalized spacial score (nSPS) is 11.8. The number of ether oxygens (including phenoxy) is 1. The maximum atomic E-state index is 10.4. The quantitative estimate of drug-likeness (QED) is 0.479. The van der Waals surface area contributed by atoms with Gasteiger partial charge in [0.25, 0.3) is 0 Å². The Labute approximate surface area is 172 Å². The van der Waals surface area contributed by atoms with Crippen LogP contribution < -0.4 is 20.7 Å². The summed E-state index contributed by atoms with van der Waals surface area (Å²) in [5, 5.41) is 14.5. The third-order valence-corrected chi connectivity index (χ3v) is 10.4. The number of hydrogen-bond donors (Lipinski definition) is 1. The van der Waals surface area contributed by atoms with Crippen LogP contribution in [0, 0.1) is 0 Å². The van der Waals surface area contributed by atoms with Gasteiger partial charge in [-0.1, -0.05) is 0 Å². The molecule has 0 unspecified atom stereocenters. The molecule has 0 spiro atoms. The molecule has 0 amide bonds. The zero-order valence-electron chi connectivity index (χ0n) is 16.5. The van der Waals surface area contributed by atoms with Crippen molar-refractivity contribution in [1.29, 1.82) is 0 Å². The molecule has 0 bridgehead atoms.